The summed E-state index contributed by atoms with van der Waals surface area (Å²) in [5.74, 6) is -0.430. The standard InChI is InChI=1S/C20H20ClNO2/c21-17-7-5-15(6-8-17)18-3-1-2-4-19(18)20(23-13-14-24-20)16-9-11-22-12-10-16/h1-8,13-14,16,22H,9-12H2. The molecular formula is C20H20ClNO2. The van der Waals surface area contributed by atoms with Crippen molar-refractivity contribution in [1.82, 2.24) is 5.32 Å². The molecule has 2 aromatic rings. The highest BCUT2D eigenvalue weighted by molar-refractivity contribution is 6.30. The van der Waals surface area contributed by atoms with Crippen molar-refractivity contribution in [3.05, 3.63) is 71.6 Å². The Labute approximate surface area is 147 Å². The Bertz CT molecular complexity index is 728. The normalized spacial score (nSPS) is 19.7. The lowest BCUT2D eigenvalue weighted by atomic mass is 9.81. The van der Waals surface area contributed by atoms with Crippen molar-refractivity contribution in [1.29, 1.82) is 0 Å². The first-order valence-electron chi connectivity index (χ1n) is 8.36. The highest BCUT2D eigenvalue weighted by Gasteiger charge is 2.47. The Morgan fingerprint density at radius 3 is 2.29 bits per heavy atom. The maximum absolute atomic E-state index is 6.10. The molecule has 0 saturated carbocycles. The minimum atomic E-state index is -0.738. The first-order valence-corrected chi connectivity index (χ1v) is 8.74. The second kappa shape index (κ2) is 6.50. The lowest BCUT2D eigenvalue weighted by Crippen LogP contribution is -2.43. The molecule has 2 aromatic carbocycles. The number of piperidine rings is 1. The SMILES string of the molecule is Clc1ccc(-c2ccccc2C2(C3CCNCC3)OC=CO2)cc1. The van der Waals surface area contributed by atoms with Gasteiger partial charge in [0.05, 0.1) is 0 Å². The van der Waals surface area contributed by atoms with E-state index < -0.39 is 5.79 Å². The fraction of sp³-hybridized carbons (Fsp3) is 0.300. The summed E-state index contributed by atoms with van der Waals surface area (Å²) in [5.41, 5.74) is 3.31. The van der Waals surface area contributed by atoms with Gasteiger partial charge in [-0.25, -0.2) is 0 Å². The van der Waals surface area contributed by atoms with Crippen LogP contribution in [0.4, 0.5) is 0 Å². The van der Waals surface area contributed by atoms with E-state index in [4.69, 9.17) is 21.1 Å². The third kappa shape index (κ3) is 2.68. The summed E-state index contributed by atoms with van der Waals surface area (Å²) in [6.45, 7) is 1.98. The molecule has 24 heavy (non-hydrogen) atoms. The summed E-state index contributed by atoms with van der Waals surface area (Å²) in [5, 5.41) is 4.15. The number of hydrogen-bond donors (Lipinski definition) is 1. The van der Waals surface area contributed by atoms with Gasteiger partial charge in [-0.15, -0.1) is 0 Å². The number of rotatable bonds is 3. The predicted octanol–water partition coefficient (Wildman–Crippen LogP) is 4.68. The van der Waals surface area contributed by atoms with E-state index in [2.05, 4.69) is 17.4 Å². The molecule has 4 heteroatoms. The zero-order valence-electron chi connectivity index (χ0n) is 13.4. The second-order valence-electron chi connectivity index (χ2n) is 6.25. The molecule has 0 aliphatic carbocycles. The molecule has 2 heterocycles. The van der Waals surface area contributed by atoms with Gasteiger partial charge in [-0.1, -0.05) is 48.0 Å². The molecule has 4 rings (SSSR count). The van der Waals surface area contributed by atoms with Crippen molar-refractivity contribution in [2.24, 2.45) is 5.92 Å². The van der Waals surface area contributed by atoms with Crippen molar-refractivity contribution >= 4 is 11.6 Å². The molecule has 2 aliphatic rings. The van der Waals surface area contributed by atoms with Gasteiger partial charge in [-0.2, -0.15) is 0 Å². The molecule has 0 radical (unpaired) electrons. The van der Waals surface area contributed by atoms with Crippen LogP contribution in [0, 0.1) is 5.92 Å². The molecule has 3 nitrogen and oxygen atoms in total. The minimum absolute atomic E-state index is 0.308. The lowest BCUT2D eigenvalue weighted by molar-refractivity contribution is -0.196. The van der Waals surface area contributed by atoms with Crippen molar-refractivity contribution < 1.29 is 9.47 Å². The third-order valence-corrected chi connectivity index (χ3v) is 5.13. The highest BCUT2D eigenvalue weighted by atomic mass is 35.5. The topological polar surface area (TPSA) is 30.5 Å². The van der Waals surface area contributed by atoms with Crippen LogP contribution in [0.3, 0.4) is 0 Å². The van der Waals surface area contributed by atoms with E-state index in [0.29, 0.717) is 5.92 Å². The number of ether oxygens (including phenoxy) is 2. The Morgan fingerprint density at radius 1 is 0.917 bits per heavy atom. The van der Waals surface area contributed by atoms with Crippen LogP contribution < -0.4 is 5.32 Å². The van der Waals surface area contributed by atoms with Crippen molar-refractivity contribution in [2.45, 2.75) is 18.6 Å². The molecule has 2 aliphatic heterocycles. The van der Waals surface area contributed by atoms with Crippen LogP contribution in [0.2, 0.25) is 5.02 Å². The average molecular weight is 342 g/mol. The van der Waals surface area contributed by atoms with Gasteiger partial charge in [-0.3, -0.25) is 0 Å². The van der Waals surface area contributed by atoms with E-state index in [1.165, 1.54) is 0 Å². The largest absolute Gasteiger partial charge is 0.452 e. The van der Waals surface area contributed by atoms with Crippen molar-refractivity contribution in [3.63, 3.8) is 0 Å². The predicted molar refractivity (Wildman–Crippen MR) is 95.5 cm³/mol. The Balaban J connectivity index is 1.80. The number of nitrogens with one attached hydrogen (secondary N) is 1. The summed E-state index contributed by atoms with van der Waals surface area (Å²) in [7, 11) is 0. The fourth-order valence-electron chi connectivity index (χ4n) is 3.69. The van der Waals surface area contributed by atoms with Gasteiger partial charge in [0.15, 0.2) is 0 Å². The smallest absolute Gasteiger partial charge is 0.280 e. The molecule has 0 spiro atoms. The van der Waals surface area contributed by atoms with E-state index in [1.54, 1.807) is 12.5 Å². The van der Waals surface area contributed by atoms with Crippen molar-refractivity contribution in [3.8, 4) is 11.1 Å². The van der Waals surface area contributed by atoms with E-state index in [0.717, 1.165) is 47.6 Å². The molecular weight excluding hydrogens is 322 g/mol. The molecule has 1 fully saturated rings. The molecule has 0 atom stereocenters. The second-order valence-corrected chi connectivity index (χ2v) is 6.69. The average Bonchev–Trinajstić information content (AvgIpc) is 3.14. The maximum atomic E-state index is 6.10. The van der Waals surface area contributed by atoms with E-state index in [9.17, 15) is 0 Å². The third-order valence-electron chi connectivity index (χ3n) is 4.88. The summed E-state index contributed by atoms with van der Waals surface area (Å²) in [4.78, 5) is 0. The van der Waals surface area contributed by atoms with Gasteiger partial charge < -0.3 is 14.8 Å². The Kier molecular flexibility index (Phi) is 4.21. The van der Waals surface area contributed by atoms with Crippen molar-refractivity contribution in [2.75, 3.05) is 13.1 Å². The highest BCUT2D eigenvalue weighted by Crippen LogP contribution is 2.46. The molecule has 1 saturated heterocycles. The molecule has 0 unspecified atom stereocenters. The van der Waals surface area contributed by atoms with Gasteiger partial charge in [0, 0.05) is 16.5 Å². The number of benzene rings is 2. The van der Waals surface area contributed by atoms with E-state index >= 15 is 0 Å². The monoisotopic (exact) mass is 341 g/mol. The summed E-state index contributed by atoms with van der Waals surface area (Å²) in [6.07, 6.45) is 5.38. The first-order chi connectivity index (χ1) is 11.8. The van der Waals surface area contributed by atoms with Crippen LogP contribution in [-0.4, -0.2) is 13.1 Å². The molecule has 0 bridgehead atoms. The molecule has 0 aromatic heterocycles. The van der Waals surface area contributed by atoms with Crippen LogP contribution in [0.25, 0.3) is 11.1 Å². The maximum Gasteiger partial charge on any atom is 0.280 e. The van der Waals surface area contributed by atoms with Gasteiger partial charge in [0.1, 0.15) is 12.5 Å². The minimum Gasteiger partial charge on any atom is -0.452 e. The Morgan fingerprint density at radius 2 is 1.58 bits per heavy atom. The number of hydrogen-bond acceptors (Lipinski definition) is 3. The zero-order chi connectivity index (χ0) is 16.4. The molecule has 1 N–H and O–H groups in total. The van der Waals surface area contributed by atoms with Gasteiger partial charge >= 0.3 is 0 Å². The number of halogens is 1. The quantitative estimate of drug-likeness (QED) is 0.879. The van der Waals surface area contributed by atoms with Crippen LogP contribution in [0.5, 0.6) is 0 Å². The summed E-state index contributed by atoms with van der Waals surface area (Å²) in [6, 6.07) is 16.2. The Hall–Kier alpha value is -1.97. The fourth-order valence-corrected chi connectivity index (χ4v) is 3.82. The van der Waals surface area contributed by atoms with Crippen LogP contribution in [-0.2, 0) is 15.3 Å². The first kappa shape index (κ1) is 15.6. The van der Waals surface area contributed by atoms with Gasteiger partial charge in [0.2, 0.25) is 0 Å². The van der Waals surface area contributed by atoms with Gasteiger partial charge in [0.25, 0.3) is 5.79 Å². The molecule has 124 valence electrons. The van der Waals surface area contributed by atoms with Crippen LogP contribution >= 0.6 is 11.6 Å². The summed E-state index contributed by atoms with van der Waals surface area (Å²) >= 11 is 6.05. The lowest BCUT2D eigenvalue weighted by Gasteiger charge is -2.39. The van der Waals surface area contributed by atoms with E-state index in [1.807, 2.05) is 36.4 Å². The van der Waals surface area contributed by atoms with Crippen LogP contribution in [0.1, 0.15) is 18.4 Å². The zero-order valence-corrected chi connectivity index (χ0v) is 14.1. The summed E-state index contributed by atoms with van der Waals surface area (Å²) < 4.78 is 12.2. The van der Waals surface area contributed by atoms with Crippen LogP contribution in [0.15, 0.2) is 61.1 Å². The molecule has 0 amide bonds. The van der Waals surface area contributed by atoms with Gasteiger partial charge in [-0.05, 0) is 49.2 Å². The van der Waals surface area contributed by atoms with E-state index in [-0.39, 0.29) is 0 Å².